The van der Waals surface area contributed by atoms with Crippen LogP contribution in [0.15, 0.2) is 12.2 Å². The van der Waals surface area contributed by atoms with Gasteiger partial charge in [0, 0.05) is 12.0 Å². The van der Waals surface area contributed by atoms with Crippen molar-refractivity contribution in [2.75, 3.05) is 13.2 Å². The van der Waals surface area contributed by atoms with Gasteiger partial charge < -0.3 is 9.47 Å². The number of unbranched alkanes of at least 4 members (excludes halogenated alkanes) is 20. The third-order valence-electron chi connectivity index (χ3n) is 6.41. The van der Waals surface area contributed by atoms with Crippen molar-refractivity contribution in [3.05, 3.63) is 12.2 Å². The second-order valence-electron chi connectivity index (χ2n) is 9.96. The van der Waals surface area contributed by atoms with E-state index in [1.807, 2.05) is 0 Å². The molecule has 0 spiro atoms. The van der Waals surface area contributed by atoms with E-state index in [1.165, 1.54) is 122 Å². The molecule has 0 aliphatic carbocycles. The summed E-state index contributed by atoms with van der Waals surface area (Å²) in [4.78, 5) is 22.8. The lowest BCUT2D eigenvalue weighted by molar-refractivity contribution is -0.150. The minimum atomic E-state index is -0.444. The van der Waals surface area contributed by atoms with E-state index in [1.54, 1.807) is 6.92 Å². The summed E-state index contributed by atoms with van der Waals surface area (Å²) in [6.07, 6.45) is 28.9. The highest BCUT2D eigenvalue weighted by Gasteiger charge is 2.05. The van der Waals surface area contributed by atoms with Crippen LogP contribution < -0.4 is 0 Å². The smallest absolute Gasteiger partial charge is 0.333 e. The van der Waals surface area contributed by atoms with Crippen LogP contribution in [0.1, 0.15) is 155 Å². The van der Waals surface area contributed by atoms with Gasteiger partial charge >= 0.3 is 11.9 Å². The molecular formula is C30H56O4. The fraction of sp³-hybridized carbons (Fsp3) is 0.867. The fourth-order valence-electron chi connectivity index (χ4n) is 4.19. The molecule has 0 saturated heterocycles. The molecule has 0 aliphatic heterocycles. The molecule has 0 amide bonds. The van der Waals surface area contributed by atoms with E-state index in [0.717, 1.165) is 12.8 Å². The number of hydrogen-bond donors (Lipinski definition) is 0. The molecule has 0 fully saturated rings. The van der Waals surface area contributed by atoms with Gasteiger partial charge in [0.2, 0.25) is 0 Å². The number of ether oxygens (including phenoxy) is 2. The quantitative estimate of drug-likeness (QED) is 0.0703. The highest BCUT2D eigenvalue weighted by molar-refractivity contribution is 5.86. The first-order chi connectivity index (χ1) is 16.6. The van der Waals surface area contributed by atoms with Gasteiger partial charge in [-0.25, -0.2) is 4.79 Å². The van der Waals surface area contributed by atoms with Crippen molar-refractivity contribution < 1.29 is 19.1 Å². The van der Waals surface area contributed by atoms with Crippen molar-refractivity contribution >= 4 is 11.9 Å². The number of rotatable bonds is 26. The normalized spacial score (nSPS) is 10.9. The maximum atomic E-state index is 11.6. The molecule has 0 aromatic rings. The van der Waals surface area contributed by atoms with Crippen molar-refractivity contribution in [3.8, 4) is 0 Å². The van der Waals surface area contributed by atoms with Crippen molar-refractivity contribution in [1.29, 1.82) is 0 Å². The molecule has 200 valence electrons. The van der Waals surface area contributed by atoms with Gasteiger partial charge in [0.1, 0.15) is 13.2 Å². The zero-order valence-electron chi connectivity index (χ0n) is 22.8. The molecule has 0 heterocycles. The van der Waals surface area contributed by atoms with Crippen LogP contribution in [0.3, 0.4) is 0 Å². The number of carbonyl (C=O) groups excluding carboxylic acids is 2. The second kappa shape index (κ2) is 26.3. The maximum absolute atomic E-state index is 11.6. The molecule has 0 aromatic heterocycles. The summed E-state index contributed by atoms with van der Waals surface area (Å²) in [5.41, 5.74) is 0.353. The monoisotopic (exact) mass is 480 g/mol. The van der Waals surface area contributed by atoms with Crippen molar-refractivity contribution in [2.24, 2.45) is 0 Å². The van der Waals surface area contributed by atoms with Gasteiger partial charge in [-0.2, -0.15) is 0 Å². The molecule has 4 heteroatoms. The van der Waals surface area contributed by atoms with E-state index in [2.05, 4.69) is 13.5 Å². The molecule has 4 nitrogen and oxygen atoms in total. The molecule has 0 radical (unpaired) electrons. The van der Waals surface area contributed by atoms with Crippen LogP contribution in [0.2, 0.25) is 0 Å². The van der Waals surface area contributed by atoms with Crippen molar-refractivity contribution in [1.82, 2.24) is 0 Å². The summed E-state index contributed by atoms with van der Waals surface area (Å²) >= 11 is 0. The molecule has 0 aliphatic rings. The minimum Gasteiger partial charge on any atom is -0.462 e. The molecule has 0 N–H and O–H groups in total. The Balaban J connectivity index is 3.16. The number of hydrogen-bond acceptors (Lipinski definition) is 4. The predicted molar refractivity (Wildman–Crippen MR) is 144 cm³/mol. The fourth-order valence-corrected chi connectivity index (χ4v) is 4.19. The lowest BCUT2D eigenvalue weighted by Gasteiger charge is -2.06. The van der Waals surface area contributed by atoms with Gasteiger partial charge in [-0.15, -0.1) is 0 Å². The van der Waals surface area contributed by atoms with Crippen molar-refractivity contribution in [3.63, 3.8) is 0 Å². The summed E-state index contributed by atoms with van der Waals surface area (Å²) in [6.45, 7) is 7.60. The zero-order valence-corrected chi connectivity index (χ0v) is 22.8. The predicted octanol–water partition coefficient (Wildman–Crippen LogP) is 9.25. The van der Waals surface area contributed by atoms with Gasteiger partial charge in [-0.1, -0.05) is 142 Å². The first-order valence-corrected chi connectivity index (χ1v) is 14.6. The topological polar surface area (TPSA) is 52.6 Å². The molecule has 0 saturated carbocycles. The van der Waals surface area contributed by atoms with Crippen LogP contribution in [0.25, 0.3) is 0 Å². The Labute approximate surface area is 211 Å². The lowest BCUT2D eigenvalue weighted by Crippen LogP contribution is -2.14. The van der Waals surface area contributed by atoms with Gasteiger partial charge in [-0.05, 0) is 13.3 Å². The van der Waals surface area contributed by atoms with Crippen LogP contribution >= 0.6 is 0 Å². The summed E-state index contributed by atoms with van der Waals surface area (Å²) in [5.74, 6) is -0.649. The summed E-state index contributed by atoms with van der Waals surface area (Å²) in [5, 5.41) is 0. The summed E-state index contributed by atoms with van der Waals surface area (Å²) < 4.78 is 9.96. The van der Waals surface area contributed by atoms with E-state index < -0.39 is 5.97 Å². The van der Waals surface area contributed by atoms with E-state index in [4.69, 9.17) is 9.47 Å². The molecule has 34 heavy (non-hydrogen) atoms. The standard InChI is InChI=1S/C30H56O4/c1-4-5-6-7-8-9-10-11-12-13-14-15-16-17-18-19-20-21-22-23-24-25-29(31)33-26-27-34-30(32)28(2)3/h2,4-27H2,1,3H3. The summed E-state index contributed by atoms with van der Waals surface area (Å²) in [6, 6.07) is 0. The van der Waals surface area contributed by atoms with E-state index in [9.17, 15) is 9.59 Å². The van der Waals surface area contributed by atoms with Gasteiger partial charge in [0.25, 0.3) is 0 Å². The van der Waals surface area contributed by atoms with E-state index >= 15 is 0 Å². The molecule has 0 unspecified atom stereocenters. The zero-order chi connectivity index (χ0) is 25.1. The lowest BCUT2D eigenvalue weighted by atomic mass is 10.0. The van der Waals surface area contributed by atoms with E-state index in [-0.39, 0.29) is 19.2 Å². The van der Waals surface area contributed by atoms with Crippen LogP contribution in [-0.4, -0.2) is 25.2 Å². The third kappa shape index (κ3) is 25.3. The summed E-state index contributed by atoms with van der Waals surface area (Å²) in [7, 11) is 0. The van der Waals surface area contributed by atoms with E-state index in [0.29, 0.717) is 12.0 Å². The van der Waals surface area contributed by atoms with Gasteiger partial charge in [0.15, 0.2) is 0 Å². The molecule has 0 aromatic carbocycles. The molecular weight excluding hydrogens is 424 g/mol. The Morgan fingerprint density at radius 2 is 0.853 bits per heavy atom. The maximum Gasteiger partial charge on any atom is 0.333 e. The van der Waals surface area contributed by atoms with Crippen LogP contribution in [0, 0.1) is 0 Å². The SMILES string of the molecule is C=C(C)C(=O)OCCOC(=O)CCCCCCCCCCCCCCCCCCCCCCC. The minimum absolute atomic E-state index is 0.0940. The molecule has 0 bridgehead atoms. The average Bonchev–Trinajstić information content (AvgIpc) is 2.82. The first kappa shape index (κ1) is 32.7. The Kier molecular flexibility index (Phi) is 25.3. The Hall–Kier alpha value is -1.32. The van der Waals surface area contributed by atoms with Crippen LogP contribution in [0.4, 0.5) is 0 Å². The van der Waals surface area contributed by atoms with Crippen molar-refractivity contribution in [2.45, 2.75) is 155 Å². The van der Waals surface area contributed by atoms with Gasteiger partial charge in [-0.3, -0.25) is 4.79 Å². The number of esters is 2. The number of carbonyl (C=O) groups is 2. The van der Waals surface area contributed by atoms with Gasteiger partial charge in [0.05, 0.1) is 0 Å². The molecule has 0 atom stereocenters. The largest absolute Gasteiger partial charge is 0.462 e. The Morgan fingerprint density at radius 3 is 1.21 bits per heavy atom. The third-order valence-corrected chi connectivity index (χ3v) is 6.41. The second-order valence-corrected chi connectivity index (χ2v) is 9.96. The Bertz CT molecular complexity index is 486. The Morgan fingerprint density at radius 1 is 0.529 bits per heavy atom. The van der Waals surface area contributed by atoms with Crippen LogP contribution in [-0.2, 0) is 19.1 Å². The van der Waals surface area contributed by atoms with Crippen LogP contribution in [0.5, 0.6) is 0 Å². The highest BCUT2D eigenvalue weighted by atomic mass is 16.6. The highest BCUT2D eigenvalue weighted by Crippen LogP contribution is 2.15. The molecule has 0 rings (SSSR count). The average molecular weight is 481 g/mol. The first-order valence-electron chi connectivity index (χ1n) is 14.6.